The molecule has 0 aromatic heterocycles. The van der Waals surface area contributed by atoms with Gasteiger partial charge in [-0.05, 0) is 114 Å². The van der Waals surface area contributed by atoms with Crippen LogP contribution in [-0.4, -0.2) is 227 Å². The van der Waals surface area contributed by atoms with E-state index in [1.807, 2.05) is 0 Å². The van der Waals surface area contributed by atoms with Crippen molar-refractivity contribution in [2.45, 2.75) is 120 Å². The topological polar surface area (TPSA) is 452 Å². The van der Waals surface area contributed by atoms with Gasteiger partial charge in [-0.25, -0.2) is 9.59 Å². The summed E-state index contributed by atoms with van der Waals surface area (Å²) in [6.07, 6.45) is 2.67. The van der Waals surface area contributed by atoms with Crippen LogP contribution < -0.4 is 28.3 Å². The van der Waals surface area contributed by atoms with Crippen LogP contribution in [0.5, 0.6) is 0 Å². The van der Waals surface area contributed by atoms with Crippen LogP contribution in [0.3, 0.4) is 0 Å². The molecule has 4 amide bonds. The highest BCUT2D eigenvalue weighted by Crippen LogP contribution is 2.51. The molecular weight excluding hydrogens is 1160 g/mol. The number of nitrogens with zero attached hydrogens (tertiary/aromatic N) is 5. The van der Waals surface area contributed by atoms with Crippen LogP contribution in [0.25, 0.3) is 0 Å². The van der Waals surface area contributed by atoms with E-state index < -0.39 is 193 Å². The van der Waals surface area contributed by atoms with Gasteiger partial charge in [-0.1, -0.05) is 37.2 Å². The Morgan fingerprint density at radius 3 is 1.39 bits per heavy atom. The number of ketones is 4. The quantitative estimate of drug-likeness (QED) is 0.0131. The lowest BCUT2D eigenvalue weighted by atomic mass is 9.54. The number of imide groups is 2. The molecule has 0 spiro atoms. The van der Waals surface area contributed by atoms with Crippen molar-refractivity contribution in [3.63, 3.8) is 0 Å². The number of carbonyl (C=O) groups excluding carboxylic acids is 8. The maximum absolute atomic E-state index is 17.7. The summed E-state index contributed by atoms with van der Waals surface area (Å²) in [7, 11) is 0. The minimum Gasteiger partial charge on any atom is -0.480 e. The van der Waals surface area contributed by atoms with Crippen molar-refractivity contribution in [3.8, 4) is 0 Å². The zero-order valence-corrected chi connectivity index (χ0v) is 49.4. The molecule has 0 saturated heterocycles. The number of quaternary nitrogens is 1. The Morgan fingerprint density at radius 1 is 0.586 bits per heavy atom. The van der Waals surface area contributed by atoms with Crippen molar-refractivity contribution >= 4 is 100 Å². The molecule has 87 heavy (non-hydrogen) atoms. The number of hydrogen-bond donors (Lipinski definition) is 10. The summed E-state index contributed by atoms with van der Waals surface area (Å²) < 4.78 is -1.90. The highest BCUT2D eigenvalue weighted by molar-refractivity contribution is 7.79. The number of anilines is 1. The number of nitrogens with two attached hydrogens (primary N) is 4. The first-order valence-corrected chi connectivity index (χ1v) is 29.6. The second-order valence-electron chi connectivity index (χ2n) is 23.0. The van der Waals surface area contributed by atoms with E-state index in [-0.39, 0.29) is 109 Å². The van der Waals surface area contributed by atoms with E-state index in [2.05, 4.69) is 5.32 Å². The Bertz CT molecular complexity index is 2770. The fourth-order valence-corrected chi connectivity index (χ4v) is 13.4. The summed E-state index contributed by atoms with van der Waals surface area (Å²) >= 11 is 4.99. The summed E-state index contributed by atoms with van der Waals surface area (Å²) in [5.41, 5.74) is 19.9. The number of aliphatic carboxylic acids is 5. The number of carboxylic acid groups (broad SMARTS) is 5. The van der Waals surface area contributed by atoms with Gasteiger partial charge in [-0.2, -0.15) is 0 Å². The van der Waals surface area contributed by atoms with Crippen LogP contribution >= 0.6 is 12.2 Å². The predicted octanol–water partition coefficient (Wildman–Crippen LogP) is -0.471. The first-order chi connectivity index (χ1) is 41.2. The van der Waals surface area contributed by atoms with Gasteiger partial charge >= 0.3 is 29.8 Å². The number of benzene rings is 1. The fraction of sp³-hybridized carbons (Fsp3) is 0.586. The molecule has 4 atom stereocenters. The van der Waals surface area contributed by atoms with Crippen LogP contribution in [0.4, 0.5) is 5.69 Å². The molecule has 4 aliphatic rings. The number of rotatable bonds is 40. The number of Topliss-reactive ketones (excluding diaryl/α,β-unsaturated/α-hetero) is 4. The van der Waals surface area contributed by atoms with E-state index in [9.17, 15) is 68.7 Å². The van der Waals surface area contributed by atoms with Crippen LogP contribution in [0.15, 0.2) is 48.6 Å². The maximum Gasteiger partial charge on any atom is 0.359 e. The highest BCUT2D eigenvalue weighted by Gasteiger charge is 2.82. The van der Waals surface area contributed by atoms with Gasteiger partial charge in [0.2, 0.25) is 17.1 Å². The maximum atomic E-state index is 17.7. The van der Waals surface area contributed by atoms with Crippen molar-refractivity contribution in [2.24, 2.45) is 46.6 Å². The van der Waals surface area contributed by atoms with E-state index in [1.54, 1.807) is 0 Å². The first-order valence-electron chi connectivity index (χ1n) is 29.1. The molecule has 0 radical (unpaired) electrons. The second-order valence-corrected chi connectivity index (χ2v) is 23.3. The van der Waals surface area contributed by atoms with E-state index in [4.69, 9.17) is 35.2 Å². The highest BCUT2D eigenvalue weighted by atomic mass is 32.1. The molecule has 2 fully saturated rings. The molecule has 2 heterocycles. The number of unbranched alkanes of at least 4 members (excludes halogenated alkanes) is 2. The first kappa shape index (κ1) is 70.4. The van der Waals surface area contributed by atoms with Gasteiger partial charge in [0.05, 0.1) is 37.2 Å². The number of amides is 4. The standard InChI is InChI=1S/C58H80N10O18S/c59-23-3-1-5-42(61)55(85)57(65(31-50(77)78)26-25-64(29-48(73)74)30-49(75)76,53(83)39-13-7-36(8-14-39)27-66-44(69)19-20-45(66)70)58(56(86)43(62)6-2-4-24-60,54(84)40-15-9-37(10-16-40)28-67-46(71)21-22-47(67)72)68(33-51(79)80,34-52(81)82)32-38-11-17-41(18-12-38)63-35-87/h11-12,17-22,35-37,39-40,42-43H,1-10,13-16,23-34,59-62H2,(H5-,63,73,74,75,76,77,78,79,80,81,82,87)/p+1/t36?,37?,39?,40?,42-,43-,57?,58?/m0/s1. The van der Waals surface area contributed by atoms with E-state index in [0.29, 0.717) is 10.6 Å². The SMILES string of the molecule is NCCCC[C@H](N)C(=O)C(C(=O)C1CCC(CN2C(=O)C=CC2=O)CC1)(N(CCN(CC(=O)O)CC(=O)O)CC(=O)O)C(C(=O)C1CCC(CN2C(=O)C=CC2=O)CC1)(C(=O)[C@@H](N)CCCCN)[N+](CC(=O)O)(CC(=O)O)Cc1ccc(NC=S)cc1. The van der Waals surface area contributed by atoms with Crippen molar-refractivity contribution < 1.29 is 92.3 Å². The lowest BCUT2D eigenvalue weighted by Crippen LogP contribution is -2.92. The molecule has 476 valence electrons. The van der Waals surface area contributed by atoms with Crippen LogP contribution in [0, 0.1) is 23.7 Å². The Balaban J connectivity index is 2.07. The molecule has 29 heteroatoms. The van der Waals surface area contributed by atoms with Gasteiger partial charge in [0.15, 0.2) is 24.7 Å². The molecule has 2 aliphatic heterocycles. The normalized spacial score (nSPS) is 20.9. The molecule has 2 unspecified atom stereocenters. The van der Waals surface area contributed by atoms with Gasteiger partial charge in [0.25, 0.3) is 29.2 Å². The average molecular weight is 1240 g/mol. The minimum atomic E-state index is -3.84. The summed E-state index contributed by atoms with van der Waals surface area (Å²) in [5.74, 6) is -21.3. The van der Waals surface area contributed by atoms with E-state index in [1.165, 1.54) is 24.3 Å². The molecule has 14 N–H and O–H groups in total. The minimum absolute atomic E-state index is 0.00100. The van der Waals surface area contributed by atoms with Crippen molar-refractivity contribution in [1.29, 1.82) is 0 Å². The van der Waals surface area contributed by atoms with E-state index >= 15 is 19.2 Å². The summed E-state index contributed by atoms with van der Waals surface area (Å²) in [6.45, 7) is -10.0. The van der Waals surface area contributed by atoms with Crippen LogP contribution in [0.1, 0.15) is 95.5 Å². The van der Waals surface area contributed by atoms with Crippen LogP contribution in [0.2, 0.25) is 0 Å². The molecular formula is C58H81N10O18S+. The fourth-order valence-electron chi connectivity index (χ4n) is 13.2. The van der Waals surface area contributed by atoms with Crippen molar-refractivity contribution in [1.82, 2.24) is 19.6 Å². The predicted molar refractivity (Wildman–Crippen MR) is 313 cm³/mol. The number of carbonyl (C=O) groups is 13. The molecule has 1 aromatic carbocycles. The third kappa shape index (κ3) is 16.8. The third-order valence-electron chi connectivity index (χ3n) is 17.1. The third-order valence-corrected chi connectivity index (χ3v) is 17.3. The van der Waals surface area contributed by atoms with Crippen LogP contribution in [-0.2, 0) is 68.9 Å². The lowest BCUT2D eigenvalue weighted by molar-refractivity contribution is -0.960. The Morgan fingerprint density at radius 2 is 1.00 bits per heavy atom. The molecule has 0 bridgehead atoms. The molecule has 28 nitrogen and oxygen atoms in total. The zero-order valence-electron chi connectivity index (χ0n) is 48.5. The van der Waals surface area contributed by atoms with Gasteiger partial charge in [-0.3, -0.25) is 76.8 Å². The number of hydrogen-bond acceptors (Lipinski definition) is 20. The summed E-state index contributed by atoms with van der Waals surface area (Å²) in [6, 6.07) is 1.57. The molecule has 1 aromatic rings. The molecule has 5 rings (SSSR count). The largest absolute Gasteiger partial charge is 0.480 e. The molecule has 2 aliphatic carbocycles. The average Bonchev–Trinajstić information content (AvgIpc) is 1.17. The van der Waals surface area contributed by atoms with Crippen molar-refractivity contribution in [3.05, 3.63) is 54.1 Å². The second kappa shape index (κ2) is 32.0. The van der Waals surface area contributed by atoms with Gasteiger partial charge in [-0.15, -0.1) is 0 Å². The summed E-state index contributed by atoms with van der Waals surface area (Å²) in [4.78, 5) is 192. The van der Waals surface area contributed by atoms with Gasteiger partial charge < -0.3 is 53.8 Å². The smallest absolute Gasteiger partial charge is 0.359 e. The lowest BCUT2D eigenvalue weighted by Gasteiger charge is -2.61. The number of nitrogens with one attached hydrogen (secondary N) is 1. The van der Waals surface area contributed by atoms with E-state index in [0.717, 1.165) is 44.5 Å². The van der Waals surface area contributed by atoms with Crippen molar-refractivity contribution in [2.75, 3.05) is 77.3 Å². The Kier molecular flexibility index (Phi) is 25.9. The Hall–Kier alpha value is -7.38. The monoisotopic (exact) mass is 1240 g/mol. The van der Waals surface area contributed by atoms with Gasteiger partial charge in [0.1, 0.15) is 6.54 Å². The number of thiocarbonyl (C=S) groups is 1. The zero-order chi connectivity index (χ0) is 64.4. The molecule has 2 saturated carbocycles. The Labute approximate surface area is 507 Å². The summed E-state index contributed by atoms with van der Waals surface area (Å²) in [5, 5.41) is 57.3. The van der Waals surface area contributed by atoms with Gasteiger partial charge in [0, 0.05) is 73.6 Å². The number of carboxylic acids is 5.